The van der Waals surface area contributed by atoms with Crippen LogP contribution in [0, 0.1) is 0 Å². The number of aliphatic hydroxyl groups excluding tert-OH is 1. The monoisotopic (exact) mass is 239 g/mol. The molecule has 96 valence electrons. The van der Waals surface area contributed by atoms with Crippen molar-refractivity contribution >= 4 is 11.5 Å². The summed E-state index contributed by atoms with van der Waals surface area (Å²) in [5, 5.41) is 8.90. The van der Waals surface area contributed by atoms with Crippen LogP contribution in [0.1, 0.15) is 20.3 Å². The van der Waals surface area contributed by atoms with Gasteiger partial charge in [0.25, 0.3) is 0 Å². The zero-order chi connectivity index (χ0) is 12.8. The van der Waals surface area contributed by atoms with Crippen molar-refractivity contribution in [3.8, 4) is 5.88 Å². The molecule has 5 heteroatoms. The molecule has 0 spiro atoms. The van der Waals surface area contributed by atoms with Gasteiger partial charge in [-0.3, -0.25) is 0 Å². The van der Waals surface area contributed by atoms with Gasteiger partial charge in [-0.25, -0.2) is 0 Å². The molecule has 0 aliphatic carbocycles. The highest BCUT2D eigenvalue weighted by Gasteiger charge is 2.13. The van der Waals surface area contributed by atoms with Gasteiger partial charge in [-0.1, -0.05) is 0 Å². The number of methoxy groups -OCH3 is 1. The summed E-state index contributed by atoms with van der Waals surface area (Å²) < 4.78 is 5.11. The minimum Gasteiger partial charge on any atom is -0.479 e. The van der Waals surface area contributed by atoms with E-state index in [0.29, 0.717) is 24.0 Å². The molecule has 0 aliphatic heterocycles. The molecule has 0 saturated carbocycles. The second-order valence-corrected chi connectivity index (χ2v) is 4.13. The molecule has 1 aromatic heterocycles. The van der Waals surface area contributed by atoms with E-state index in [1.807, 2.05) is 6.07 Å². The standard InChI is InChI=1S/C12H21N3O2/c1-9(2)15(7-4-8-16)11-6-5-10(13)12(14-11)17-3/h5-6,9,16H,4,7-8,13H2,1-3H3. The number of anilines is 2. The smallest absolute Gasteiger partial charge is 0.238 e. The van der Waals surface area contributed by atoms with Crippen molar-refractivity contribution in [3.05, 3.63) is 12.1 Å². The van der Waals surface area contributed by atoms with Crippen LogP contribution >= 0.6 is 0 Å². The van der Waals surface area contributed by atoms with E-state index < -0.39 is 0 Å². The first kappa shape index (κ1) is 13.6. The van der Waals surface area contributed by atoms with E-state index in [0.717, 1.165) is 12.4 Å². The summed E-state index contributed by atoms with van der Waals surface area (Å²) in [6.45, 7) is 5.10. The number of nitrogens with zero attached hydrogens (tertiary/aromatic N) is 2. The zero-order valence-corrected chi connectivity index (χ0v) is 10.7. The second kappa shape index (κ2) is 6.30. The van der Waals surface area contributed by atoms with Gasteiger partial charge < -0.3 is 20.5 Å². The maximum absolute atomic E-state index is 8.90. The third-order valence-corrected chi connectivity index (χ3v) is 2.54. The molecule has 17 heavy (non-hydrogen) atoms. The minimum atomic E-state index is 0.176. The lowest BCUT2D eigenvalue weighted by Gasteiger charge is -2.28. The topological polar surface area (TPSA) is 71.6 Å². The van der Waals surface area contributed by atoms with Gasteiger partial charge in [-0.15, -0.1) is 0 Å². The predicted molar refractivity (Wildman–Crippen MR) is 69.4 cm³/mol. The fourth-order valence-electron chi connectivity index (χ4n) is 1.64. The fraction of sp³-hybridized carbons (Fsp3) is 0.583. The maximum atomic E-state index is 8.90. The van der Waals surface area contributed by atoms with Gasteiger partial charge in [0.05, 0.1) is 12.8 Å². The maximum Gasteiger partial charge on any atom is 0.238 e. The average Bonchev–Trinajstić information content (AvgIpc) is 2.31. The molecule has 1 aromatic rings. The Morgan fingerprint density at radius 1 is 1.47 bits per heavy atom. The number of hydrogen-bond acceptors (Lipinski definition) is 5. The van der Waals surface area contributed by atoms with Crippen LogP contribution in [0.4, 0.5) is 11.5 Å². The highest BCUT2D eigenvalue weighted by molar-refractivity contribution is 5.54. The van der Waals surface area contributed by atoms with Gasteiger partial charge in [0.2, 0.25) is 5.88 Å². The molecular weight excluding hydrogens is 218 g/mol. The molecule has 0 bridgehead atoms. The van der Waals surface area contributed by atoms with Crippen molar-refractivity contribution in [3.63, 3.8) is 0 Å². The van der Waals surface area contributed by atoms with Crippen molar-refractivity contribution in [1.29, 1.82) is 0 Å². The summed E-state index contributed by atoms with van der Waals surface area (Å²) in [6, 6.07) is 3.97. The van der Waals surface area contributed by atoms with E-state index in [9.17, 15) is 0 Å². The zero-order valence-electron chi connectivity index (χ0n) is 10.7. The predicted octanol–water partition coefficient (Wildman–Crippen LogP) is 1.27. The molecule has 0 aliphatic rings. The first-order valence-electron chi connectivity index (χ1n) is 5.78. The summed E-state index contributed by atoms with van der Waals surface area (Å²) in [7, 11) is 1.55. The average molecular weight is 239 g/mol. The molecule has 1 heterocycles. The summed E-state index contributed by atoms with van der Waals surface area (Å²) in [5.74, 6) is 1.26. The number of hydrogen-bond donors (Lipinski definition) is 2. The summed E-state index contributed by atoms with van der Waals surface area (Å²) in [4.78, 5) is 6.47. The van der Waals surface area contributed by atoms with Gasteiger partial charge in [-0.2, -0.15) is 4.98 Å². The van der Waals surface area contributed by atoms with Crippen LogP contribution in [-0.4, -0.2) is 36.4 Å². The van der Waals surface area contributed by atoms with Crippen molar-refractivity contribution in [2.75, 3.05) is 30.9 Å². The normalized spacial score (nSPS) is 10.6. The summed E-state index contributed by atoms with van der Waals surface area (Å²) >= 11 is 0. The first-order chi connectivity index (χ1) is 8.10. The van der Waals surface area contributed by atoms with Crippen LogP contribution in [0.15, 0.2) is 12.1 Å². The van der Waals surface area contributed by atoms with Gasteiger partial charge in [-0.05, 0) is 32.4 Å². The number of nitrogens with two attached hydrogens (primary N) is 1. The first-order valence-corrected chi connectivity index (χ1v) is 5.78. The number of pyridine rings is 1. The summed E-state index contributed by atoms with van der Waals surface area (Å²) in [5.41, 5.74) is 6.26. The highest BCUT2D eigenvalue weighted by atomic mass is 16.5. The van der Waals surface area contributed by atoms with Crippen molar-refractivity contribution < 1.29 is 9.84 Å². The quantitative estimate of drug-likeness (QED) is 0.782. The van der Waals surface area contributed by atoms with E-state index >= 15 is 0 Å². The third-order valence-electron chi connectivity index (χ3n) is 2.54. The molecule has 0 radical (unpaired) electrons. The Balaban J connectivity index is 2.93. The second-order valence-electron chi connectivity index (χ2n) is 4.13. The SMILES string of the molecule is COc1nc(N(CCCO)C(C)C)ccc1N. The number of aromatic nitrogens is 1. The highest BCUT2D eigenvalue weighted by Crippen LogP contribution is 2.23. The Hall–Kier alpha value is -1.49. The van der Waals surface area contributed by atoms with Gasteiger partial charge in [0.15, 0.2) is 0 Å². The fourth-order valence-corrected chi connectivity index (χ4v) is 1.64. The lowest BCUT2D eigenvalue weighted by Crippen LogP contribution is -2.33. The van der Waals surface area contributed by atoms with Crippen molar-refractivity contribution in [2.45, 2.75) is 26.3 Å². The lowest BCUT2D eigenvalue weighted by atomic mass is 10.2. The van der Waals surface area contributed by atoms with Crippen molar-refractivity contribution in [2.24, 2.45) is 0 Å². The molecule has 1 rings (SSSR count). The molecule has 0 fully saturated rings. The Morgan fingerprint density at radius 3 is 2.71 bits per heavy atom. The number of rotatable bonds is 6. The molecule has 0 aromatic carbocycles. The lowest BCUT2D eigenvalue weighted by molar-refractivity contribution is 0.288. The largest absolute Gasteiger partial charge is 0.479 e. The number of nitrogen functional groups attached to an aromatic ring is 1. The van der Waals surface area contributed by atoms with Crippen LogP contribution in [0.25, 0.3) is 0 Å². The molecule has 0 amide bonds. The molecular formula is C12H21N3O2. The third kappa shape index (κ3) is 3.49. The molecule has 3 N–H and O–H groups in total. The van der Waals surface area contributed by atoms with Crippen LogP contribution in [0.5, 0.6) is 5.88 Å². The van der Waals surface area contributed by atoms with E-state index in [1.165, 1.54) is 0 Å². The number of aliphatic hydroxyl groups is 1. The van der Waals surface area contributed by atoms with E-state index in [4.69, 9.17) is 15.6 Å². The Kier molecular flexibility index (Phi) is 5.03. The van der Waals surface area contributed by atoms with Crippen LogP contribution in [0.3, 0.4) is 0 Å². The van der Waals surface area contributed by atoms with E-state index in [2.05, 4.69) is 23.7 Å². The summed E-state index contributed by atoms with van der Waals surface area (Å²) in [6.07, 6.45) is 0.715. The minimum absolute atomic E-state index is 0.176. The van der Waals surface area contributed by atoms with Crippen LogP contribution in [0.2, 0.25) is 0 Å². The van der Waals surface area contributed by atoms with Crippen LogP contribution < -0.4 is 15.4 Å². The molecule has 0 atom stereocenters. The molecule has 5 nitrogen and oxygen atoms in total. The molecule has 0 saturated heterocycles. The van der Waals surface area contributed by atoms with E-state index in [-0.39, 0.29) is 6.61 Å². The van der Waals surface area contributed by atoms with Gasteiger partial charge in [0, 0.05) is 19.2 Å². The van der Waals surface area contributed by atoms with Gasteiger partial charge in [0.1, 0.15) is 5.82 Å². The van der Waals surface area contributed by atoms with E-state index in [1.54, 1.807) is 13.2 Å². The van der Waals surface area contributed by atoms with Crippen molar-refractivity contribution in [1.82, 2.24) is 4.98 Å². The van der Waals surface area contributed by atoms with Crippen LogP contribution in [-0.2, 0) is 0 Å². The Morgan fingerprint density at radius 2 is 2.18 bits per heavy atom. The Labute approximate surface area is 102 Å². The number of ether oxygens (including phenoxy) is 1. The molecule has 0 unspecified atom stereocenters. The Bertz CT molecular complexity index is 356. The van der Waals surface area contributed by atoms with Gasteiger partial charge >= 0.3 is 0 Å².